The maximum Gasteiger partial charge on any atom is 0.220 e. The fraction of sp³-hybridized carbons (Fsp3) is 0.909. The highest BCUT2D eigenvalue weighted by molar-refractivity contribution is 7.88. The largest absolute Gasteiger partial charge is 0.352 e. The Morgan fingerprint density at radius 3 is 2.65 bits per heavy atom. The number of hydrogen-bond acceptors (Lipinski definition) is 3. The molecular formula is C11H22N2O3S. The Kier molecular flexibility index (Phi) is 4.94. The van der Waals surface area contributed by atoms with E-state index in [9.17, 15) is 13.2 Å². The lowest BCUT2D eigenvalue weighted by molar-refractivity contribution is -0.122. The minimum atomic E-state index is -3.14. The van der Waals surface area contributed by atoms with Crippen LogP contribution in [-0.2, 0) is 14.8 Å². The molecule has 0 spiro atoms. The van der Waals surface area contributed by atoms with Crippen LogP contribution in [0.4, 0.5) is 0 Å². The Bertz CT molecular complexity index is 365. The van der Waals surface area contributed by atoms with E-state index < -0.39 is 10.0 Å². The summed E-state index contributed by atoms with van der Waals surface area (Å²) in [5.41, 5.74) is 0. The number of piperidine rings is 1. The molecule has 1 unspecified atom stereocenters. The van der Waals surface area contributed by atoms with E-state index in [-0.39, 0.29) is 11.9 Å². The van der Waals surface area contributed by atoms with E-state index in [0.717, 1.165) is 12.8 Å². The Balaban J connectivity index is 2.48. The second kappa shape index (κ2) is 5.82. The van der Waals surface area contributed by atoms with Crippen LogP contribution in [0.3, 0.4) is 0 Å². The van der Waals surface area contributed by atoms with Gasteiger partial charge in [-0.3, -0.25) is 4.79 Å². The molecule has 1 amide bonds. The highest BCUT2D eigenvalue weighted by Gasteiger charge is 2.26. The summed E-state index contributed by atoms with van der Waals surface area (Å²) in [4.78, 5) is 11.6. The summed E-state index contributed by atoms with van der Waals surface area (Å²) < 4.78 is 24.3. The fourth-order valence-electron chi connectivity index (χ4n) is 2.02. The molecule has 1 heterocycles. The predicted octanol–water partition coefficient (Wildman–Crippen LogP) is 0.573. The number of nitrogens with one attached hydrogen (secondary N) is 1. The van der Waals surface area contributed by atoms with Crippen LogP contribution in [0, 0.1) is 5.92 Å². The van der Waals surface area contributed by atoms with Crippen molar-refractivity contribution in [2.75, 3.05) is 19.3 Å². The van der Waals surface area contributed by atoms with Crippen LogP contribution < -0.4 is 5.32 Å². The minimum absolute atomic E-state index is 0.0142. The molecule has 1 aliphatic heterocycles. The first-order valence-corrected chi connectivity index (χ1v) is 7.88. The van der Waals surface area contributed by atoms with Crippen molar-refractivity contribution in [2.45, 2.75) is 39.2 Å². The SMILES string of the molecule is CC(C)CC(=O)NC1CCCN(S(C)(=O)=O)C1. The maximum atomic E-state index is 11.6. The van der Waals surface area contributed by atoms with Gasteiger partial charge in [0.15, 0.2) is 0 Å². The molecule has 1 rings (SSSR count). The van der Waals surface area contributed by atoms with Gasteiger partial charge in [0, 0.05) is 25.6 Å². The summed E-state index contributed by atoms with van der Waals surface area (Å²) >= 11 is 0. The molecule has 0 aliphatic carbocycles. The minimum Gasteiger partial charge on any atom is -0.352 e. The van der Waals surface area contributed by atoms with Crippen LogP contribution >= 0.6 is 0 Å². The van der Waals surface area contributed by atoms with E-state index in [1.54, 1.807) is 0 Å². The van der Waals surface area contributed by atoms with Gasteiger partial charge in [-0.15, -0.1) is 0 Å². The van der Waals surface area contributed by atoms with Crippen molar-refractivity contribution >= 4 is 15.9 Å². The maximum absolute atomic E-state index is 11.6. The van der Waals surface area contributed by atoms with Gasteiger partial charge in [0.1, 0.15) is 0 Å². The molecule has 1 N–H and O–H groups in total. The molecule has 6 heteroatoms. The molecule has 1 atom stereocenters. The van der Waals surface area contributed by atoms with E-state index in [0.29, 0.717) is 25.4 Å². The van der Waals surface area contributed by atoms with E-state index in [4.69, 9.17) is 0 Å². The first-order valence-electron chi connectivity index (χ1n) is 6.03. The standard InChI is InChI=1S/C11H22N2O3S/c1-9(2)7-11(14)12-10-5-4-6-13(8-10)17(3,15)16/h9-10H,4-8H2,1-3H3,(H,12,14). The van der Waals surface area contributed by atoms with Crippen molar-refractivity contribution in [2.24, 2.45) is 5.92 Å². The molecule has 17 heavy (non-hydrogen) atoms. The Morgan fingerprint density at radius 2 is 2.12 bits per heavy atom. The van der Waals surface area contributed by atoms with E-state index in [2.05, 4.69) is 5.32 Å². The number of amides is 1. The zero-order valence-corrected chi connectivity index (χ0v) is 11.6. The van der Waals surface area contributed by atoms with Crippen molar-refractivity contribution in [3.05, 3.63) is 0 Å². The van der Waals surface area contributed by atoms with Gasteiger partial charge in [-0.2, -0.15) is 0 Å². The normalized spacial score (nSPS) is 22.7. The topological polar surface area (TPSA) is 66.5 Å². The first-order chi connectivity index (χ1) is 7.79. The molecule has 0 aromatic carbocycles. The summed E-state index contributed by atoms with van der Waals surface area (Å²) in [7, 11) is -3.14. The van der Waals surface area contributed by atoms with Gasteiger partial charge in [0.25, 0.3) is 0 Å². The van der Waals surface area contributed by atoms with Crippen molar-refractivity contribution < 1.29 is 13.2 Å². The molecule has 0 aromatic heterocycles. The van der Waals surface area contributed by atoms with Gasteiger partial charge in [-0.1, -0.05) is 13.8 Å². The highest BCUT2D eigenvalue weighted by Crippen LogP contribution is 2.13. The third-order valence-corrected chi connectivity index (χ3v) is 4.08. The molecule has 1 fully saturated rings. The molecule has 5 nitrogen and oxygen atoms in total. The van der Waals surface area contributed by atoms with Gasteiger partial charge in [-0.05, 0) is 18.8 Å². The summed E-state index contributed by atoms with van der Waals surface area (Å²) in [5, 5.41) is 2.91. The molecule has 100 valence electrons. The van der Waals surface area contributed by atoms with Crippen molar-refractivity contribution in [3.63, 3.8) is 0 Å². The monoisotopic (exact) mass is 262 g/mol. The van der Waals surface area contributed by atoms with Crippen molar-refractivity contribution in [1.29, 1.82) is 0 Å². The van der Waals surface area contributed by atoms with Crippen molar-refractivity contribution in [1.82, 2.24) is 9.62 Å². The van der Waals surface area contributed by atoms with Crippen LogP contribution in [0.25, 0.3) is 0 Å². The second-order valence-corrected chi connectivity index (χ2v) is 7.11. The average Bonchev–Trinajstić information content (AvgIpc) is 2.15. The molecule has 0 radical (unpaired) electrons. The smallest absolute Gasteiger partial charge is 0.220 e. The lowest BCUT2D eigenvalue weighted by atomic mass is 10.1. The molecule has 0 aromatic rings. The van der Waals surface area contributed by atoms with E-state index >= 15 is 0 Å². The third kappa shape index (κ3) is 5.04. The first kappa shape index (κ1) is 14.4. The Labute approximate surface area is 104 Å². The van der Waals surface area contributed by atoms with Crippen LogP contribution in [0.5, 0.6) is 0 Å². The summed E-state index contributed by atoms with van der Waals surface area (Å²) in [6, 6.07) is -0.0373. The number of nitrogens with zero attached hydrogens (tertiary/aromatic N) is 1. The summed E-state index contributed by atoms with van der Waals surface area (Å²) in [6.45, 7) is 4.95. The molecule has 1 saturated heterocycles. The predicted molar refractivity (Wildman–Crippen MR) is 67.0 cm³/mol. The number of carbonyl (C=O) groups excluding carboxylic acids is 1. The van der Waals surface area contributed by atoms with Gasteiger partial charge >= 0.3 is 0 Å². The Hall–Kier alpha value is -0.620. The lowest BCUT2D eigenvalue weighted by Gasteiger charge is -2.31. The van der Waals surface area contributed by atoms with Gasteiger partial charge < -0.3 is 5.32 Å². The highest BCUT2D eigenvalue weighted by atomic mass is 32.2. The number of carbonyl (C=O) groups is 1. The molecule has 0 bridgehead atoms. The van der Waals surface area contributed by atoms with Gasteiger partial charge in [0.05, 0.1) is 6.26 Å². The lowest BCUT2D eigenvalue weighted by Crippen LogP contribution is -2.49. The zero-order valence-electron chi connectivity index (χ0n) is 10.8. The third-order valence-electron chi connectivity index (χ3n) is 2.81. The molecule has 1 aliphatic rings. The van der Waals surface area contributed by atoms with Gasteiger partial charge in [-0.25, -0.2) is 12.7 Å². The average molecular weight is 262 g/mol. The van der Waals surface area contributed by atoms with E-state index in [1.807, 2.05) is 13.8 Å². The van der Waals surface area contributed by atoms with Crippen LogP contribution in [0.2, 0.25) is 0 Å². The van der Waals surface area contributed by atoms with Gasteiger partial charge in [0.2, 0.25) is 15.9 Å². The fourth-order valence-corrected chi connectivity index (χ4v) is 2.93. The Morgan fingerprint density at radius 1 is 1.47 bits per heavy atom. The second-order valence-electron chi connectivity index (χ2n) is 5.13. The summed E-state index contributed by atoms with van der Waals surface area (Å²) in [5.74, 6) is 0.338. The van der Waals surface area contributed by atoms with Crippen LogP contribution in [0.1, 0.15) is 33.1 Å². The zero-order chi connectivity index (χ0) is 13.1. The number of rotatable bonds is 4. The van der Waals surface area contributed by atoms with Crippen LogP contribution in [-0.4, -0.2) is 44.0 Å². The van der Waals surface area contributed by atoms with Crippen molar-refractivity contribution in [3.8, 4) is 0 Å². The quantitative estimate of drug-likeness (QED) is 0.805. The number of sulfonamides is 1. The van der Waals surface area contributed by atoms with Crippen LogP contribution in [0.15, 0.2) is 0 Å². The van der Waals surface area contributed by atoms with E-state index in [1.165, 1.54) is 10.6 Å². The number of hydrogen-bond donors (Lipinski definition) is 1. The molecular weight excluding hydrogens is 240 g/mol. The summed E-state index contributed by atoms with van der Waals surface area (Å²) in [6.07, 6.45) is 3.37. The molecule has 0 saturated carbocycles.